The number of phosphoric ester groups is 1. The minimum atomic E-state index is -4.64. The third kappa shape index (κ3) is 39.4. The highest BCUT2D eigenvalue weighted by atomic mass is 31.2. The summed E-state index contributed by atoms with van der Waals surface area (Å²) in [6.07, 6.45) is 42.5. The number of rotatable bonds is 37. The number of phosphoric acid groups is 1. The molecule has 312 valence electrons. The Balaban J connectivity index is 4.50. The molecule has 0 spiro atoms. The number of ether oxygens (including phenoxy) is 2. The van der Waals surface area contributed by atoms with Crippen molar-refractivity contribution in [2.75, 3.05) is 47.5 Å². The molecule has 0 aliphatic heterocycles. The molecule has 0 fully saturated rings. The van der Waals surface area contributed by atoms with Gasteiger partial charge in [0.05, 0.1) is 27.7 Å². The van der Waals surface area contributed by atoms with E-state index in [1.807, 2.05) is 21.1 Å². The quantitative estimate of drug-likeness (QED) is 0.0153. The molecular formula is C44H78NO8P. The van der Waals surface area contributed by atoms with Gasteiger partial charge in [-0.15, -0.1) is 0 Å². The van der Waals surface area contributed by atoms with Gasteiger partial charge in [-0.3, -0.25) is 14.2 Å². The van der Waals surface area contributed by atoms with Crippen LogP contribution in [0.15, 0.2) is 60.8 Å². The molecule has 0 aliphatic rings. The lowest BCUT2D eigenvalue weighted by molar-refractivity contribution is -0.870. The Morgan fingerprint density at radius 2 is 1.06 bits per heavy atom. The molecule has 0 rings (SSSR count). The molecule has 9 nitrogen and oxygen atoms in total. The second-order valence-electron chi connectivity index (χ2n) is 15.0. The van der Waals surface area contributed by atoms with Gasteiger partial charge in [0.15, 0.2) is 6.10 Å². The van der Waals surface area contributed by atoms with Gasteiger partial charge in [0.1, 0.15) is 19.8 Å². The molecule has 0 bridgehead atoms. The lowest BCUT2D eigenvalue weighted by Gasteiger charge is -2.28. The van der Waals surface area contributed by atoms with Crippen molar-refractivity contribution >= 4 is 19.8 Å². The lowest BCUT2D eigenvalue weighted by atomic mass is 10.1. The van der Waals surface area contributed by atoms with E-state index in [0.29, 0.717) is 23.9 Å². The van der Waals surface area contributed by atoms with E-state index in [0.717, 1.165) is 70.6 Å². The van der Waals surface area contributed by atoms with E-state index in [-0.39, 0.29) is 26.1 Å². The van der Waals surface area contributed by atoms with Gasteiger partial charge in [0, 0.05) is 12.8 Å². The van der Waals surface area contributed by atoms with Crippen LogP contribution in [-0.2, 0) is 32.7 Å². The number of nitrogens with zero attached hydrogens (tertiary/aromatic N) is 1. The second-order valence-corrected chi connectivity index (χ2v) is 16.4. The number of hydrogen-bond donors (Lipinski definition) is 0. The van der Waals surface area contributed by atoms with Crippen LogP contribution >= 0.6 is 7.82 Å². The van der Waals surface area contributed by atoms with Crippen molar-refractivity contribution in [1.82, 2.24) is 0 Å². The molecule has 0 saturated carbocycles. The number of carbonyl (C=O) groups excluding carboxylic acids is 2. The standard InChI is InChI=1S/C44H78NO8P/c1-6-8-10-12-14-16-18-20-22-24-26-28-30-32-34-36-43(46)50-40-42(41-52-54(48,49)51-39-38-45(3,4)5)53-44(47)37-35-33-31-29-27-25-23-21-19-17-15-13-11-9-7-2/h15-18,20-23,27,29,42H,6-14,19,24-26,28,30-41H2,1-5H3/b17-15+,18-16+,22-20+,23-21+,29-27+/t42-/m1/s1. The van der Waals surface area contributed by atoms with Crippen molar-refractivity contribution in [2.24, 2.45) is 0 Å². The minimum Gasteiger partial charge on any atom is -0.756 e. The Labute approximate surface area is 330 Å². The topological polar surface area (TPSA) is 111 Å². The summed E-state index contributed by atoms with van der Waals surface area (Å²) >= 11 is 0. The van der Waals surface area contributed by atoms with Crippen molar-refractivity contribution in [2.45, 2.75) is 161 Å². The zero-order chi connectivity index (χ0) is 40.0. The summed E-state index contributed by atoms with van der Waals surface area (Å²) < 4.78 is 33.8. The molecule has 0 saturated heterocycles. The summed E-state index contributed by atoms with van der Waals surface area (Å²) in [7, 11) is 1.12. The Hall–Kier alpha value is -2.29. The van der Waals surface area contributed by atoms with Crippen LogP contribution in [0.2, 0.25) is 0 Å². The Kier molecular flexibility index (Phi) is 34.8. The third-order valence-corrected chi connectivity index (χ3v) is 9.50. The average molecular weight is 780 g/mol. The summed E-state index contributed by atoms with van der Waals surface area (Å²) in [5.74, 6) is -0.903. The largest absolute Gasteiger partial charge is 0.756 e. The van der Waals surface area contributed by atoms with Gasteiger partial charge < -0.3 is 27.9 Å². The molecule has 1 unspecified atom stereocenters. The van der Waals surface area contributed by atoms with Crippen LogP contribution in [-0.4, -0.2) is 70.0 Å². The number of allylic oxidation sites excluding steroid dienone is 10. The fourth-order valence-corrected chi connectivity index (χ4v) is 5.91. The maximum absolute atomic E-state index is 12.6. The van der Waals surface area contributed by atoms with E-state index in [2.05, 4.69) is 74.6 Å². The molecule has 0 aromatic rings. The number of esters is 2. The molecule has 0 heterocycles. The fourth-order valence-electron chi connectivity index (χ4n) is 5.18. The molecule has 0 N–H and O–H groups in total. The lowest BCUT2D eigenvalue weighted by Crippen LogP contribution is -2.37. The second kappa shape index (κ2) is 36.4. The Bertz CT molecular complexity index is 1110. The van der Waals surface area contributed by atoms with Crippen LogP contribution in [0.4, 0.5) is 0 Å². The van der Waals surface area contributed by atoms with E-state index in [9.17, 15) is 19.0 Å². The molecule has 0 radical (unpaired) electrons. The highest BCUT2D eigenvalue weighted by molar-refractivity contribution is 7.45. The smallest absolute Gasteiger partial charge is 0.306 e. The average Bonchev–Trinajstić information content (AvgIpc) is 3.12. The zero-order valence-electron chi connectivity index (χ0n) is 34.9. The maximum Gasteiger partial charge on any atom is 0.306 e. The number of carbonyl (C=O) groups is 2. The summed E-state index contributed by atoms with van der Waals surface area (Å²) in [5, 5.41) is 0. The molecule has 0 aromatic heterocycles. The van der Waals surface area contributed by atoms with E-state index in [1.54, 1.807) is 0 Å². The van der Waals surface area contributed by atoms with E-state index >= 15 is 0 Å². The van der Waals surface area contributed by atoms with Gasteiger partial charge in [-0.05, 0) is 77.0 Å². The summed E-state index contributed by atoms with van der Waals surface area (Å²) in [6, 6.07) is 0. The molecule has 54 heavy (non-hydrogen) atoms. The van der Waals surface area contributed by atoms with Crippen LogP contribution in [0.5, 0.6) is 0 Å². The van der Waals surface area contributed by atoms with Gasteiger partial charge in [-0.1, -0.05) is 126 Å². The minimum absolute atomic E-state index is 0.0434. The van der Waals surface area contributed by atoms with Crippen LogP contribution < -0.4 is 4.89 Å². The number of unbranched alkanes of at least 4 members (excludes halogenated alkanes) is 14. The fraction of sp³-hybridized carbons (Fsp3) is 0.727. The van der Waals surface area contributed by atoms with Crippen molar-refractivity contribution in [3.8, 4) is 0 Å². The molecule has 0 amide bonds. The SMILES string of the molecule is CCCCC/C=C/C/C=C/C/C=C/CCCCC(=O)O[C@H](COC(=O)CCCCCCC/C=C/C=C/CCCCCC)COP(=O)([O-])OCC[N+](C)(C)C. The number of hydrogen-bond acceptors (Lipinski definition) is 8. The van der Waals surface area contributed by atoms with E-state index in [1.165, 1.54) is 44.9 Å². The van der Waals surface area contributed by atoms with Gasteiger partial charge >= 0.3 is 11.9 Å². The highest BCUT2D eigenvalue weighted by Gasteiger charge is 2.21. The maximum atomic E-state index is 12.6. The molecular weight excluding hydrogens is 701 g/mol. The predicted molar refractivity (Wildman–Crippen MR) is 222 cm³/mol. The molecule has 10 heteroatoms. The molecule has 2 atom stereocenters. The highest BCUT2D eigenvalue weighted by Crippen LogP contribution is 2.38. The van der Waals surface area contributed by atoms with E-state index < -0.39 is 32.5 Å². The molecule has 0 aromatic carbocycles. The van der Waals surface area contributed by atoms with Gasteiger partial charge in [-0.25, -0.2) is 0 Å². The normalized spacial score (nSPS) is 14.3. The van der Waals surface area contributed by atoms with Crippen molar-refractivity contribution < 1.29 is 42.1 Å². The van der Waals surface area contributed by atoms with Gasteiger partial charge in [0.2, 0.25) is 0 Å². The first kappa shape index (κ1) is 51.7. The van der Waals surface area contributed by atoms with Gasteiger partial charge in [-0.2, -0.15) is 0 Å². The Morgan fingerprint density at radius 3 is 1.67 bits per heavy atom. The van der Waals surface area contributed by atoms with Crippen LogP contribution in [0.1, 0.15) is 155 Å². The van der Waals surface area contributed by atoms with Crippen molar-refractivity contribution in [1.29, 1.82) is 0 Å². The van der Waals surface area contributed by atoms with Crippen molar-refractivity contribution in [3.63, 3.8) is 0 Å². The van der Waals surface area contributed by atoms with Crippen molar-refractivity contribution in [3.05, 3.63) is 60.8 Å². The first-order valence-corrected chi connectivity index (χ1v) is 22.5. The first-order chi connectivity index (χ1) is 26.0. The van der Waals surface area contributed by atoms with Crippen LogP contribution in [0.25, 0.3) is 0 Å². The summed E-state index contributed by atoms with van der Waals surface area (Å²) in [5.41, 5.74) is 0. The summed E-state index contributed by atoms with van der Waals surface area (Å²) in [4.78, 5) is 37.4. The zero-order valence-corrected chi connectivity index (χ0v) is 35.8. The number of likely N-dealkylation sites (N-methyl/N-ethyl adjacent to an activating group) is 1. The first-order valence-electron chi connectivity index (χ1n) is 21.0. The monoisotopic (exact) mass is 780 g/mol. The van der Waals surface area contributed by atoms with Crippen LogP contribution in [0, 0.1) is 0 Å². The predicted octanol–water partition coefficient (Wildman–Crippen LogP) is 11.1. The third-order valence-electron chi connectivity index (χ3n) is 8.54. The van der Waals surface area contributed by atoms with Gasteiger partial charge in [0.25, 0.3) is 7.82 Å². The van der Waals surface area contributed by atoms with Crippen LogP contribution in [0.3, 0.4) is 0 Å². The molecule has 0 aliphatic carbocycles. The summed E-state index contributed by atoms with van der Waals surface area (Å²) in [6.45, 7) is 4.09. The Morgan fingerprint density at radius 1 is 0.593 bits per heavy atom. The van der Waals surface area contributed by atoms with E-state index in [4.69, 9.17) is 18.5 Å². The number of quaternary nitrogens is 1.